The number of benzene rings is 1. The van der Waals surface area contributed by atoms with Crippen LogP contribution in [0.15, 0.2) is 24.3 Å². The molecule has 0 saturated heterocycles. The summed E-state index contributed by atoms with van der Waals surface area (Å²) in [6.45, 7) is 2.77. The third-order valence-corrected chi connectivity index (χ3v) is 4.92. The first kappa shape index (κ1) is 13.0. The van der Waals surface area contributed by atoms with E-state index < -0.39 is 0 Å². The zero-order valence-electron chi connectivity index (χ0n) is 11.2. The normalized spacial score (nSPS) is 17.9. The second-order valence-electron chi connectivity index (χ2n) is 5.04. The topological polar surface area (TPSA) is 21.1 Å². The van der Waals surface area contributed by atoms with Crippen molar-refractivity contribution in [3.8, 4) is 0 Å². The van der Waals surface area contributed by atoms with E-state index in [0.717, 1.165) is 15.6 Å². The molecule has 0 spiro atoms. The van der Waals surface area contributed by atoms with Crippen LogP contribution in [-0.4, -0.2) is 21.7 Å². The molecule has 100 valence electrons. The number of fused-ring (bicyclic) bond motifs is 1. The van der Waals surface area contributed by atoms with Gasteiger partial charge in [-0.25, -0.2) is 4.68 Å². The predicted molar refractivity (Wildman–Crippen MR) is 80.9 cm³/mol. The second kappa shape index (κ2) is 5.15. The molecule has 0 amide bonds. The van der Waals surface area contributed by atoms with Crippen LogP contribution in [0.4, 0.5) is 0 Å². The highest BCUT2D eigenvalue weighted by atomic mass is 32.1. The highest BCUT2D eigenvalue weighted by Crippen LogP contribution is 2.34. The molecule has 0 saturated carbocycles. The molecule has 1 heterocycles. The van der Waals surface area contributed by atoms with Gasteiger partial charge in [-0.15, -0.1) is 0 Å². The van der Waals surface area contributed by atoms with Crippen LogP contribution in [0, 0.1) is 10.9 Å². The summed E-state index contributed by atoms with van der Waals surface area (Å²) in [6, 6.07) is 9.22. The van der Waals surface area contributed by atoms with Crippen molar-refractivity contribution in [2.45, 2.75) is 32.5 Å². The standard InChI is InChI=1S/C14H17N3S2/c1-10-15-17(14(18)19-10)9-16(2)13-8-7-11-5-3-4-6-12(11)13/h3-6,13H,7-9H2,1-2H3. The minimum absolute atomic E-state index is 0.486. The van der Waals surface area contributed by atoms with Gasteiger partial charge in [-0.2, -0.15) is 5.10 Å². The Morgan fingerprint density at radius 3 is 3.00 bits per heavy atom. The molecule has 19 heavy (non-hydrogen) atoms. The van der Waals surface area contributed by atoms with E-state index in [9.17, 15) is 0 Å². The van der Waals surface area contributed by atoms with Crippen LogP contribution in [0.5, 0.6) is 0 Å². The lowest BCUT2D eigenvalue weighted by atomic mass is 10.1. The van der Waals surface area contributed by atoms with Crippen molar-refractivity contribution in [3.05, 3.63) is 44.4 Å². The van der Waals surface area contributed by atoms with Crippen molar-refractivity contribution in [3.63, 3.8) is 0 Å². The van der Waals surface area contributed by atoms with Crippen LogP contribution in [-0.2, 0) is 13.1 Å². The fraction of sp³-hybridized carbons (Fsp3) is 0.429. The van der Waals surface area contributed by atoms with E-state index in [1.807, 2.05) is 11.6 Å². The summed E-state index contributed by atoms with van der Waals surface area (Å²) in [5.74, 6) is 0. The van der Waals surface area contributed by atoms with Gasteiger partial charge >= 0.3 is 0 Å². The van der Waals surface area contributed by atoms with Crippen LogP contribution < -0.4 is 0 Å². The van der Waals surface area contributed by atoms with Crippen molar-refractivity contribution < 1.29 is 0 Å². The Hall–Kier alpha value is -1.04. The number of aryl methyl sites for hydroxylation is 2. The molecule has 1 aliphatic carbocycles. The Bertz CT molecular complexity index is 644. The predicted octanol–water partition coefficient (Wildman–Crippen LogP) is 3.56. The van der Waals surface area contributed by atoms with Gasteiger partial charge in [0.2, 0.25) is 0 Å². The van der Waals surface area contributed by atoms with Gasteiger partial charge in [-0.05, 0) is 50.2 Å². The summed E-state index contributed by atoms with van der Waals surface area (Å²) in [7, 11) is 2.16. The minimum Gasteiger partial charge on any atom is -0.280 e. The molecule has 5 heteroatoms. The fourth-order valence-electron chi connectivity index (χ4n) is 2.80. The first-order valence-corrected chi connectivity index (χ1v) is 7.70. The Balaban J connectivity index is 1.81. The Morgan fingerprint density at radius 1 is 1.47 bits per heavy atom. The van der Waals surface area contributed by atoms with Gasteiger partial charge in [0.25, 0.3) is 0 Å². The molecule has 0 fully saturated rings. The maximum atomic E-state index is 5.34. The highest BCUT2D eigenvalue weighted by Gasteiger charge is 2.25. The van der Waals surface area contributed by atoms with E-state index in [2.05, 4.69) is 41.3 Å². The van der Waals surface area contributed by atoms with Crippen LogP contribution in [0.3, 0.4) is 0 Å². The molecule has 1 unspecified atom stereocenters. The largest absolute Gasteiger partial charge is 0.280 e. The first-order valence-electron chi connectivity index (χ1n) is 6.48. The number of aromatic nitrogens is 2. The van der Waals surface area contributed by atoms with Gasteiger partial charge in [0.05, 0.1) is 6.67 Å². The Kier molecular flexibility index (Phi) is 3.52. The molecule has 0 radical (unpaired) electrons. The number of hydrogen-bond acceptors (Lipinski definition) is 4. The molecule has 1 aliphatic rings. The van der Waals surface area contributed by atoms with Crippen molar-refractivity contribution in [2.24, 2.45) is 0 Å². The lowest BCUT2D eigenvalue weighted by Crippen LogP contribution is -2.26. The molecule has 1 aromatic heterocycles. The fourth-order valence-corrected chi connectivity index (χ4v) is 3.86. The van der Waals surface area contributed by atoms with Gasteiger partial charge in [-0.3, -0.25) is 4.90 Å². The SMILES string of the molecule is Cc1nn(CN(C)C2CCc3ccccc32)c(=S)s1. The molecule has 1 aromatic carbocycles. The maximum Gasteiger partial charge on any atom is 0.180 e. The van der Waals surface area contributed by atoms with Crippen LogP contribution in [0.1, 0.15) is 28.6 Å². The summed E-state index contributed by atoms with van der Waals surface area (Å²) >= 11 is 6.92. The van der Waals surface area contributed by atoms with Crippen molar-refractivity contribution >= 4 is 23.6 Å². The lowest BCUT2D eigenvalue weighted by Gasteiger charge is -2.24. The van der Waals surface area contributed by atoms with Crippen molar-refractivity contribution in [1.29, 1.82) is 0 Å². The van der Waals surface area contributed by atoms with Crippen molar-refractivity contribution in [2.75, 3.05) is 7.05 Å². The summed E-state index contributed by atoms with van der Waals surface area (Å²) in [5.41, 5.74) is 2.95. The first-order chi connectivity index (χ1) is 9.15. The third-order valence-electron chi connectivity index (χ3n) is 3.70. The molecule has 0 bridgehead atoms. The molecule has 2 aromatic rings. The summed E-state index contributed by atoms with van der Waals surface area (Å²) in [5, 5.41) is 5.50. The lowest BCUT2D eigenvalue weighted by molar-refractivity contribution is 0.182. The van der Waals surface area contributed by atoms with Gasteiger partial charge in [0.1, 0.15) is 5.01 Å². The second-order valence-corrected chi connectivity index (χ2v) is 6.86. The molecular formula is C14H17N3S2. The minimum atomic E-state index is 0.486. The van der Waals surface area contributed by atoms with Gasteiger partial charge in [0.15, 0.2) is 3.95 Å². The highest BCUT2D eigenvalue weighted by molar-refractivity contribution is 7.73. The number of nitrogens with zero attached hydrogens (tertiary/aromatic N) is 3. The number of rotatable bonds is 3. The monoisotopic (exact) mass is 291 g/mol. The quantitative estimate of drug-likeness (QED) is 0.807. The Labute approximate surface area is 122 Å². The van der Waals surface area contributed by atoms with E-state index in [4.69, 9.17) is 12.2 Å². The van der Waals surface area contributed by atoms with E-state index in [1.165, 1.54) is 24.0 Å². The van der Waals surface area contributed by atoms with E-state index in [-0.39, 0.29) is 0 Å². The summed E-state index contributed by atoms with van der Waals surface area (Å²) in [4.78, 5) is 2.35. The van der Waals surface area contributed by atoms with Crippen LogP contribution in [0.2, 0.25) is 0 Å². The van der Waals surface area contributed by atoms with E-state index in [0.29, 0.717) is 6.04 Å². The summed E-state index contributed by atoms with van der Waals surface area (Å²) < 4.78 is 2.78. The van der Waals surface area contributed by atoms with Gasteiger partial charge in [0, 0.05) is 6.04 Å². The molecular weight excluding hydrogens is 274 g/mol. The van der Waals surface area contributed by atoms with Gasteiger partial charge < -0.3 is 0 Å². The average molecular weight is 291 g/mol. The van der Waals surface area contributed by atoms with Crippen molar-refractivity contribution in [1.82, 2.24) is 14.7 Å². The maximum absolute atomic E-state index is 5.34. The van der Waals surface area contributed by atoms with Crippen LogP contribution in [0.25, 0.3) is 0 Å². The molecule has 3 nitrogen and oxygen atoms in total. The average Bonchev–Trinajstić information content (AvgIpc) is 2.93. The van der Waals surface area contributed by atoms with Gasteiger partial charge in [-0.1, -0.05) is 35.6 Å². The smallest absolute Gasteiger partial charge is 0.180 e. The molecule has 3 rings (SSSR count). The molecule has 1 atom stereocenters. The number of hydrogen-bond donors (Lipinski definition) is 0. The van der Waals surface area contributed by atoms with Crippen LogP contribution >= 0.6 is 23.6 Å². The molecule has 0 aliphatic heterocycles. The summed E-state index contributed by atoms with van der Waals surface area (Å²) in [6.07, 6.45) is 2.36. The van der Waals surface area contributed by atoms with E-state index in [1.54, 1.807) is 11.3 Å². The Morgan fingerprint density at radius 2 is 2.26 bits per heavy atom. The van der Waals surface area contributed by atoms with E-state index >= 15 is 0 Å². The molecule has 0 N–H and O–H groups in total. The third kappa shape index (κ3) is 2.50. The zero-order chi connectivity index (χ0) is 13.4. The zero-order valence-corrected chi connectivity index (χ0v) is 12.8.